The normalized spacial score (nSPS) is 30.1. The van der Waals surface area contributed by atoms with Crippen molar-refractivity contribution in [3.63, 3.8) is 0 Å². The molecule has 3 aliphatic heterocycles. The number of nitrogens with zero attached hydrogens (tertiary/aromatic N) is 4. The van der Waals surface area contributed by atoms with Gasteiger partial charge < -0.3 is 18.9 Å². The first-order chi connectivity index (χ1) is 29.6. The van der Waals surface area contributed by atoms with Crippen molar-refractivity contribution in [3.8, 4) is 0 Å². The van der Waals surface area contributed by atoms with Crippen LogP contribution in [0.1, 0.15) is 111 Å². The van der Waals surface area contributed by atoms with Crippen LogP contribution in [0.3, 0.4) is 0 Å². The summed E-state index contributed by atoms with van der Waals surface area (Å²) in [7, 11) is 0. The second kappa shape index (κ2) is 17.5. The van der Waals surface area contributed by atoms with Gasteiger partial charge in [0.15, 0.2) is 0 Å². The average Bonchev–Trinajstić information content (AvgIpc) is 4.25. The van der Waals surface area contributed by atoms with Gasteiger partial charge in [0.25, 0.3) is 0 Å². The van der Waals surface area contributed by atoms with Crippen LogP contribution in [0.5, 0.6) is 0 Å². The van der Waals surface area contributed by atoms with E-state index in [1.807, 2.05) is 0 Å². The number of hydrogen-bond donors (Lipinski definition) is 0. The first-order valence-corrected chi connectivity index (χ1v) is 22.7. The van der Waals surface area contributed by atoms with E-state index in [2.05, 4.69) is 127 Å². The average molecular weight is 803 g/mol. The van der Waals surface area contributed by atoms with Crippen LogP contribution in [0.15, 0.2) is 137 Å². The van der Waals surface area contributed by atoms with Crippen LogP contribution in [0.2, 0.25) is 0 Å². The maximum atomic E-state index is 6.26. The summed E-state index contributed by atoms with van der Waals surface area (Å²) in [5.41, 5.74) is 8.07. The van der Waals surface area contributed by atoms with Gasteiger partial charge in [-0.15, -0.1) is 0 Å². The summed E-state index contributed by atoms with van der Waals surface area (Å²) >= 11 is 0. The molecular formula is C52H58N4O4. The van der Waals surface area contributed by atoms with E-state index >= 15 is 0 Å². The number of rotatable bonds is 16. The Labute approximate surface area is 355 Å². The molecule has 60 heavy (non-hydrogen) atoms. The first kappa shape index (κ1) is 39.1. The van der Waals surface area contributed by atoms with E-state index < -0.39 is 5.79 Å². The number of ether oxygens (including phenoxy) is 4. The van der Waals surface area contributed by atoms with Gasteiger partial charge in [-0.25, -0.2) is 15.0 Å². The first-order valence-electron chi connectivity index (χ1n) is 22.7. The van der Waals surface area contributed by atoms with Gasteiger partial charge in [-0.1, -0.05) is 98.4 Å². The molecule has 1 aromatic heterocycles. The van der Waals surface area contributed by atoms with Crippen LogP contribution in [0.4, 0.5) is 0 Å². The van der Waals surface area contributed by atoms with E-state index in [1.54, 1.807) is 0 Å². The minimum atomic E-state index is -1.04. The third-order valence-electron chi connectivity index (χ3n) is 13.0. The lowest BCUT2D eigenvalue weighted by Gasteiger charge is -2.38. The van der Waals surface area contributed by atoms with Gasteiger partial charge in [0.1, 0.15) is 42.8 Å². The summed E-state index contributed by atoms with van der Waals surface area (Å²) in [6, 6.07) is 9.10. The van der Waals surface area contributed by atoms with Gasteiger partial charge in [-0.05, 0) is 106 Å². The number of imidazole rings is 1. The highest BCUT2D eigenvalue weighted by molar-refractivity contribution is 6.50. The SMILES string of the molecule is CCCCc1cccc(C2=NC(C3C=CC(OCC4CO4)=CC3)(n3c(C4C=CC(OCC5CO5)=CC4)nc(C4=CCCC=C4)c3C3CC=CCC3)N=C2C2C=CC=CC2)c1. The Hall–Kier alpha value is -5.05. The Morgan fingerprint density at radius 2 is 1.62 bits per heavy atom. The predicted molar refractivity (Wildman–Crippen MR) is 239 cm³/mol. The largest absolute Gasteiger partial charge is 0.491 e. The number of epoxide rings is 2. The zero-order valence-electron chi connectivity index (χ0n) is 35.0. The van der Waals surface area contributed by atoms with E-state index in [9.17, 15) is 0 Å². The number of hydrogen-bond acceptors (Lipinski definition) is 7. The molecule has 4 heterocycles. The van der Waals surface area contributed by atoms with Crippen molar-refractivity contribution in [1.82, 2.24) is 9.55 Å². The molecule has 310 valence electrons. The van der Waals surface area contributed by atoms with Crippen molar-refractivity contribution in [1.29, 1.82) is 0 Å². The smallest absolute Gasteiger partial charge is 0.240 e. The Kier molecular flexibility index (Phi) is 11.4. The molecule has 0 spiro atoms. The van der Waals surface area contributed by atoms with Gasteiger partial charge in [-0.3, -0.25) is 4.57 Å². The maximum Gasteiger partial charge on any atom is 0.240 e. The number of aryl methyl sites for hydroxylation is 1. The number of unbranched alkanes of at least 4 members (excludes halogenated alkanes) is 1. The van der Waals surface area contributed by atoms with Crippen molar-refractivity contribution in [2.45, 2.75) is 107 Å². The lowest BCUT2D eigenvalue weighted by Crippen LogP contribution is -2.40. The fourth-order valence-corrected chi connectivity index (χ4v) is 9.48. The number of benzene rings is 1. The molecular weight excluding hydrogens is 745 g/mol. The Morgan fingerprint density at radius 1 is 0.783 bits per heavy atom. The maximum absolute atomic E-state index is 6.26. The Balaban J connectivity index is 1.18. The van der Waals surface area contributed by atoms with Crippen molar-refractivity contribution >= 4 is 17.0 Å². The molecule has 8 nitrogen and oxygen atoms in total. The molecule has 2 fully saturated rings. The van der Waals surface area contributed by atoms with E-state index in [1.165, 1.54) is 16.8 Å². The van der Waals surface area contributed by atoms with E-state index in [0.29, 0.717) is 13.2 Å². The lowest BCUT2D eigenvalue weighted by molar-refractivity contribution is 0.180. The van der Waals surface area contributed by atoms with E-state index in [0.717, 1.165) is 124 Å². The molecule has 10 rings (SSSR count). The number of aliphatic imine (C=N–C) groups is 2. The zero-order chi connectivity index (χ0) is 40.3. The van der Waals surface area contributed by atoms with Gasteiger partial charge in [0.05, 0.1) is 36.0 Å². The summed E-state index contributed by atoms with van der Waals surface area (Å²) < 4.78 is 25.9. The van der Waals surface area contributed by atoms with Crippen LogP contribution in [0, 0.1) is 11.8 Å². The second-order valence-electron chi connectivity index (χ2n) is 17.4. The molecule has 2 saturated heterocycles. The van der Waals surface area contributed by atoms with Gasteiger partial charge in [0.2, 0.25) is 5.79 Å². The molecule has 7 atom stereocenters. The molecule has 1 aromatic carbocycles. The fourth-order valence-electron chi connectivity index (χ4n) is 9.48. The summed E-state index contributed by atoms with van der Waals surface area (Å²) in [4.78, 5) is 18.0. The molecule has 5 aliphatic carbocycles. The Bertz CT molecular complexity index is 2290. The number of allylic oxidation sites excluding steroid dienone is 15. The summed E-state index contributed by atoms with van der Waals surface area (Å²) in [5.74, 6) is 2.02. The molecule has 0 amide bonds. The highest BCUT2D eigenvalue weighted by Crippen LogP contribution is 2.49. The summed E-state index contributed by atoms with van der Waals surface area (Å²) in [6.07, 6.45) is 45.3. The van der Waals surface area contributed by atoms with Crippen molar-refractivity contribution in [2.75, 3.05) is 26.4 Å². The molecule has 0 bridgehead atoms. The summed E-state index contributed by atoms with van der Waals surface area (Å²) in [5, 5.41) is 0. The molecule has 7 unspecified atom stereocenters. The van der Waals surface area contributed by atoms with Gasteiger partial charge >= 0.3 is 0 Å². The minimum absolute atomic E-state index is 0.000433. The van der Waals surface area contributed by atoms with E-state index in [4.69, 9.17) is 33.9 Å². The molecule has 8 heteroatoms. The standard InChI is InChI=1S/C52H58N4O4/c1-2-3-14-36-15-13-22-41(31-36)48-47(37-16-7-4-8-17-37)54-52(55-48,42-25-29-44(30-26-42)58-33-46-35-60-46)56-50(39-20-11-6-12-21-39)49(38-18-9-5-10-19-38)53-51(56)40-23-27-43(28-24-40)57-32-45-34-59-45/h4,6-9,11,13,15-16,18-19,22-23,25,27-31,37,39-40,42,45-46H,2-3,5,10,12,14,17,20-21,24,26,32-35H2,1H3. The lowest BCUT2D eigenvalue weighted by atomic mass is 9.86. The van der Waals surface area contributed by atoms with Crippen molar-refractivity contribution < 1.29 is 18.9 Å². The van der Waals surface area contributed by atoms with Crippen LogP contribution >= 0.6 is 0 Å². The van der Waals surface area contributed by atoms with Crippen LogP contribution in [-0.2, 0) is 31.2 Å². The quantitative estimate of drug-likeness (QED) is 0.125. The fraction of sp³-hybridized carbons (Fsp3) is 0.442. The molecule has 0 N–H and O–H groups in total. The molecule has 8 aliphatic rings. The van der Waals surface area contributed by atoms with Crippen LogP contribution < -0.4 is 0 Å². The van der Waals surface area contributed by atoms with E-state index in [-0.39, 0.29) is 35.9 Å². The van der Waals surface area contributed by atoms with Crippen LogP contribution in [0.25, 0.3) is 5.57 Å². The summed E-state index contributed by atoms with van der Waals surface area (Å²) in [6.45, 7) is 4.97. The highest BCUT2D eigenvalue weighted by Gasteiger charge is 2.50. The van der Waals surface area contributed by atoms with Gasteiger partial charge in [0, 0.05) is 29.2 Å². The predicted octanol–water partition coefficient (Wildman–Crippen LogP) is 10.7. The molecule has 0 saturated carbocycles. The third-order valence-corrected chi connectivity index (χ3v) is 13.0. The van der Waals surface area contributed by atoms with Gasteiger partial charge in [-0.2, -0.15) is 0 Å². The van der Waals surface area contributed by atoms with Crippen molar-refractivity contribution in [3.05, 3.63) is 155 Å². The zero-order valence-corrected chi connectivity index (χ0v) is 35.0. The second-order valence-corrected chi connectivity index (χ2v) is 17.4. The highest BCUT2D eigenvalue weighted by atomic mass is 16.6. The molecule has 2 aromatic rings. The number of aromatic nitrogens is 2. The van der Waals surface area contributed by atoms with Crippen molar-refractivity contribution in [2.24, 2.45) is 21.8 Å². The van der Waals surface area contributed by atoms with Crippen LogP contribution in [-0.4, -0.2) is 59.6 Å². The Morgan fingerprint density at radius 3 is 2.28 bits per heavy atom. The third kappa shape index (κ3) is 8.33. The topological polar surface area (TPSA) is 86.1 Å². The monoisotopic (exact) mass is 802 g/mol. The minimum Gasteiger partial charge on any atom is -0.491 e. The molecule has 0 radical (unpaired) electrons.